The topological polar surface area (TPSA) is 144 Å². The lowest BCUT2D eigenvalue weighted by atomic mass is 10.0. The lowest BCUT2D eigenvalue weighted by Crippen LogP contribution is -2.52. The largest absolute Gasteiger partial charge is 0.346 e. The van der Waals surface area contributed by atoms with Gasteiger partial charge in [0.2, 0.25) is 11.8 Å². The molecular formula is C24H20N8O4. The molecule has 1 aromatic carbocycles. The van der Waals surface area contributed by atoms with Crippen LogP contribution in [0.5, 0.6) is 0 Å². The molecule has 0 radical (unpaired) electrons. The molecule has 12 heteroatoms. The van der Waals surface area contributed by atoms with E-state index in [1.165, 1.54) is 15.8 Å². The summed E-state index contributed by atoms with van der Waals surface area (Å²) in [5.74, 6) is -1.46. The number of carbonyl (C=O) groups is 4. The van der Waals surface area contributed by atoms with Gasteiger partial charge in [0.05, 0.1) is 23.6 Å². The molecule has 1 atom stereocenters. The van der Waals surface area contributed by atoms with E-state index in [0.29, 0.717) is 17.7 Å². The first-order chi connectivity index (χ1) is 17.5. The van der Waals surface area contributed by atoms with Gasteiger partial charge in [-0.1, -0.05) is 17.3 Å². The highest BCUT2D eigenvalue weighted by molar-refractivity contribution is 6.05. The number of hydrogen-bond acceptors (Lipinski definition) is 7. The fraction of sp³-hybridized carbons (Fsp3) is 0.208. The molecule has 1 saturated heterocycles. The van der Waals surface area contributed by atoms with Crippen molar-refractivity contribution in [2.75, 3.05) is 0 Å². The van der Waals surface area contributed by atoms with E-state index in [1.54, 1.807) is 28.9 Å². The smallest absolute Gasteiger partial charge is 0.273 e. The molecule has 2 aliphatic rings. The zero-order valence-corrected chi connectivity index (χ0v) is 18.9. The molecule has 0 bridgehead atoms. The number of imide groups is 1. The zero-order chi connectivity index (χ0) is 24.8. The van der Waals surface area contributed by atoms with Crippen molar-refractivity contribution < 1.29 is 19.2 Å². The number of carbonyl (C=O) groups excluding carboxylic acids is 4. The number of piperidine rings is 1. The first-order valence-corrected chi connectivity index (χ1v) is 11.4. The van der Waals surface area contributed by atoms with Gasteiger partial charge in [-0.25, -0.2) is 9.20 Å². The van der Waals surface area contributed by atoms with Crippen LogP contribution in [0.15, 0.2) is 55.0 Å². The second kappa shape index (κ2) is 8.41. The molecule has 5 heterocycles. The van der Waals surface area contributed by atoms with Gasteiger partial charge >= 0.3 is 0 Å². The Balaban J connectivity index is 1.16. The summed E-state index contributed by atoms with van der Waals surface area (Å²) >= 11 is 0. The average Bonchev–Trinajstić information content (AvgIpc) is 3.60. The molecule has 180 valence electrons. The number of aromatic nitrogens is 5. The molecule has 0 spiro atoms. The number of pyridine rings is 1. The maximum Gasteiger partial charge on any atom is 0.273 e. The van der Waals surface area contributed by atoms with Gasteiger partial charge in [-0.15, -0.1) is 5.10 Å². The highest BCUT2D eigenvalue weighted by atomic mass is 16.2. The Kier molecular flexibility index (Phi) is 5.06. The van der Waals surface area contributed by atoms with E-state index in [0.717, 1.165) is 16.6 Å². The quantitative estimate of drug-likeness (QED) is 0.395. The number of fused-ring (bicyclic) bond motifs is 2. The minimum Gasteiger partial charge on any atom is -0.346 e. The van der Waals surface area contributed by atoms with E-state index < -0.39 is 17.9 Å². The Labute approximate surface area is 203 Å². The summed E-state index contributed by atoms with van der Waals surface area (Å²) in [6.07, 6.45) is 5.52. The third-order valence-corrected chi connectivity index (χ3v) is 6.45. The van der Waals surface area contributed by atoms with Crippen molar-refractivity contribution >= 4 is 29.1 Å². The van der Waals surface area contributed by atoms with Crippen molar-refractivity contribution in [2.24, 2.45) is 0 Å². The number of nitrogens with zero attached hydrogens (tertiary/aromatic N) is 6. The van der Waals surface area contributed by atoms with Gasteiger partial charge in [-0.3, -0.25) is 24.5 Å². The monoisotopic (exact) mass is 484 g/mol. The lowest BCUT2D eigenvalue weighted by Gasteiger charge is -2.29. The van der Waals surface area contributed by atoms with Crippen LogP contribution in [0.3, 0.4) is 0 Å². The molecule has 0 saturated carbocycles. The van der Waals surface area contributed by atoms with Crippen LogP contribution in [0.1, 0.15) is 44.8 Å². The Bertz CT molecular complexity index is 1550. The van der Waals surface area contributed by atoms with Crippen molar-refractivity contribution in [2.45, 2.75) is 32.0 Å². The molecule has 6 rings (SSSR count). The van der Waals surface area contributed by atoms with Crippen LogP contribution in [-0.4, -0.2) is 59.2 Å². The molecule has 3 aromatic heterocycles. The minimum atomic E-state index is -0.680. The first-order valence-electron chi connectivity index (χ1n) is 11.4. The number of nitrogens with one attached hydrogen (secondary N) is 2. The highest BCUT2D eigenvalue weighted by Gasteiger charge is 2.39. The molecule has 1 fully saturated rings. The zero-order valence-electron chi connectivity index (χ0n) is 18.9. The van der Waals surface area contributed by atoms with Crippen LogP contribution in [0.4, 0.5) is 0 Å². The predicted molar refractivity (Wildman–Crippen MR) is 124 cm³/mol. The maximum atomic E-state index is 13.1. The van der Waals surface area contributed by atoms with E-state index in [2.05, 4.69) is 26.0 Å². The molecule has 1 unspecified atom stereocenters. The summed E-state index contributed by atoms with van der Waals surface area (Å²) in [7, 11) is 0. The van der Waals surface area contributed by atoms with Crippen LogP contribution in [0, 0.1) is 0 Å². The molecule has 4 aromatic rings. The second-order valence-electron chi connectivity index (χ2n) is 8.67. The molecule has 4 amide bonds. The van der Waals surface area contributed by atoms with Gasteiger partial charge < -0.3 is 10.2 Å². The molecule has 36 heavy (non-hydrogen) atoms. The Morgan fingerprint density at radius 3 is 2.92 bits per heavy atom. The van der Waals surface area contributed by atoms with E-state index in [-0.39, 0.29) is 37.0 Å². The van der Waals surface area contributed by atoms with Crippen LogP contribution in [0.2, 0.25) is 0 Å². The Hall–Kier alpha value is -4.87. The first kappa shape index (κ1) is 21.6. The lowest BCUT2D eigenvalue weighted by molar-refractivity contribution is -0.136. The van der Waals surface area contributed by atoms with Gasteiger partial charge in [0.1, 0.15) is 6.04 Å². The number of hydrogen-bond donors (Lipinski definition) is 2. The van der Waals surface area contributed by atoms with Crippen LogP contribution in [-0.2, 0) is 22.7 Å². The SMILES string of the molecule is O=C1CCC(N2Cc3ccc(-n4cc(C(=O)NCc5cnn6ccccc56)nn4)cc3C2=O)C(=O)N1. The molecule has 12 nitrogen and oxygen atoms in total. The summed E-state index contributed by atoms with van der Waals surface area (Å²) in [5, 5.41) is 17.4. The summed E-state index contributed by atoms with van der Waals surface area (Å²) in [6.45, 7) is 0.567. The summed E-state index contributed by atoms with van der Waals surface area (Å²) < 4.78 is 3.15. The third kappa shape index (κ3) is 3.68. The number of rotatable bonds is 5. The van der Waals surface area contributed by atoms with Crippen LogP contribution < -0.4 is 10.6 Å². The van der Waals surface area contributed by atoms with Gasteiger partial charge in [0.15, 0.2) is 5.69 Å². The fourth-order valence-electron chi connectivity index (χ4n) is 4.57. The Morgan fingerprint density at radius 1 is 1.17 bits per heavy atom. The summed E-state index contributed by atoms with van der Waals surface area (Å²) in [5.41, 5.74) is 3.68. The van der Waals surface area contributed by atoms with Gasteiger partial charge in [-0.05, 0) is 36.2 Å². The average molecular weight is 484 g/mol. The molecule has 2 aliphatic heterocycles. The summed E-state index contributed by atoms with van der Waals surface area (Å²) in [4.78, 5) is 50.9. The highest BCUT2D eigenvalue weighted by Crippen LogP contribution is 2.29. The predicted octanol–water partition coefficient (Wildman–Crippen LogP) is 0.606. The molecule has 0 aliphatic carbocycles. The maximum absolute atomic E-state index is 13.1. The van der Waals surface area contributed by atoms with Gasteiger partial charge in [0, 0.05) is 36.8 Å². The van der Waals surface area contributed by atoms with E-state index >= 15 is 0 Å². The standard InChI is InChI=1S/C24H20N8O4/c33-21-7-6-20(23(35)27-21)30-12-14-4-5-16(9-17(14)24(30)36)32-13-18(28-29-32)22(34)25-10-15-11-26-31-8-2-1-3-19(15)31/h1-5,8-9,11,13,20H,6-7,10,12H2,(H,25,34)(H,27,33,35). The van der Waals surface area contributed by atoms with Crippen molar-refractivity contribution in [3.05, 3.63) is 77.4 Å². The third-order valence-electron chi connectivity index (χ3n) is 6.45. The van der Waals surface area contributed by atoms with Crippen LogP contribution in [0.25, 0.3) is 11.2 Å². The molecular weight excluding hydrogens is 464 g/mol. The van der Waals surface area contributed by atoms with Gasteiger partial charge in [0.25, 0.3) is 11.8 Å². The fourth-order valence-corrected chi connectivity index (χ4v) is 4.57. The number of benzene rings is 1. The van der Waals surface area contributed by atoms with Crippen LogP contribution >= 0.6 is 0 Å². The Morgan fingerprint density at radius 2 is 2.06 bits per heavy atom. The van der Waals surface area contributed by atoms with Crippen molar-refractivity contribution in [1.82, 2.24) is 40.1 Å². The van der Waals surface area contributed by atoms with E-state index in [9.17, 15) is 19.2 Å². The van der Waals surface area contributed by atoms with Crippen molar-refractivity contribution in [3.8, 4) is 5.69 Å². The second-order valence-corrected chi connectivity index (χ2v) is 8.67. The summed E-state index contributed by atoms with van der Waals surface area (Å²) in [6, 6.07) is 10.2. The van der Waals surface area contributed by atoms with E-state index in [1.807, 2.05) is 24.4 Å². The normalized spacial score (nSPS) is 17.4. The van der Waals surface area contributed by atoms with Crippen molar-refractivity contribution in [1.29, 1.82) is 0 Å². The number of amides is 4. The minimum absolute atomic E-state index is 0.128. The van der Waals surface area contributed by atoms with Gasteiger partial charge in [-0.2, -0.15) is 5.10 Å². The van der Waals surface area contributed by atoms with E-state index in [4.69, 9.17) is 0 Å². The molecule has 2 N–H and O–H groups in total. The van der Waals surface area contributed by atoms with Crippen molar-refractivity contribution in [3.63, 3.8) is 0 Å².